The lowest BCUT2D eigenvalue weighted by molar-refractivity contribution is -0.00873. The minimum Gasteiger partial charge on any atom is -0.444 e. The molecule has 1 heterocycles. The van der Waals surface area contributed by atoms with Crippen LogP contribution in [0.15, 0.2) is 33.9 Å². The van der Waals surface area contributed by atoms with Gasteiger partial charge in [-0.05, 0) is 44.0 Å². The monoisotopic (exact) mass is 352 g/mol. The fourth-order valence-electron chi connectivity index (χ4n) is 2.19. The minimum absolute atomic E-state index is 0.327. The van der Waals surface area contributed by atoms with Crippen LogP contribution < -0.4 is 0 Å². The van der Waals surface area contributed by atoms with Crippen molar-refractivity contribution in [1.29, 1.82) is 0 Å². The van der Waals surface area contributed by atoms with E-state index in [0.29, 0.717) is 13.1 Å². The maximum absolute atomic E-state index is 12.0. The molecule has 1 aromatic rings. The van der Waals surface area contributed by atoms with E-state index in [4.69, 9.17) is 10.3 Å². The Morgan fingerprint density at radius 1 is 1.38 bits per heavy atom. The number of ether oxygens (including phenoxy) is 1. The molecule has 0 radical (unpaired) electrons. The van der Waals surface area contributed by atoms with Crippen molar-refractivity contribution in [3.05, 3.63) is 44.7 Å². The number of halogens is 1. The summed E-state index contributed by atoms with van der Waals surface area (Å²) in [5, 5.41) is 3.91. The molecule has 0 bridgehead atoms. The van der Waals surface area contributed by atoms with Crippen molar-refractivity contribution < 1.29 is 9.53 Å². The Morgan fingerprint density at radius 3 is 2.43 bits per heavy atom. The highest BCUT2D eigenvalue weighted by Gasteiger charge is 2.47. The second-order valence-electron chi connectivity index (χ2n) is 6.06. The molecule has 112 valence electrons. The fourth-order valence-corrected chi connectivity index (χ4v) is 2.45. The Labute approximate surface area is 131 Å². The molecule has 0 atom stereocenters. The van der Waals surface area contributed by atoms with Crippen LogP contribution in [0.2, 0.25) is 0 Å². The van der Waals surface area contributed by atoms with Gasteiger partial charge in [0.05, 0.1) is 0 Å². The molecule has 1 aliphatic rings. The highest BCUT2D eigenvalue weighted by atomic mass is 79.9. The molecule has 0 N–H and O–H groups in total. The third kappa shape index (κ3) is 3.49. The average molecular weight is 353 g/mol. The molecular formula is C14H17BrN4O2. The summed E-state index contributed by atoms with van der Waals surface area (Å²) < 4.78 is 6.26. The van der Waals surface area contributed by atoms with Gasteiger partial charge in [-0.15, -0.1) is 0 Å². The largest absolute Gasteiger partial charge is 0.444 e. The average Bonchev–Trinajstić information content (AvgIpc) is 2.32. The Bertz CT molecular complexity index is 582. The van der Waals surface area contributed by atoms with Crippen LogP contribution in [-0.4, -0.2) is 29.7 Å². The second-order valence-corrected chi connectivity index (χ2v) is 6.98. The van der Waals surface area contributed by atoms with Crippen molar-refractivity contribution in [3.63, 3.8) is 0 Å². The molecule has 1 amide bonds. The number of azide groups is 1. The Balaban J connectivity index is 2.13. The van der Waals surface area contributed by atoms with Crippen LogP contribution in [0.4, 0.5) is 4.79 Å². The first kappa shape index (κ1) is 15.7. The molecule has 0 saturated carbocycles. The van der Waals surface area contributed by atoms with Crippen LogP contribution in [0.3, 0.4) is 0 Å². The molecule has 0 unspecified atom stereocenters. The number of hydrogen-bond donors (Lipinski definition) is 0. The standard InChI is InChI=1S/C14H17BrN4O2/c1-13(2,3)21-12(20)19-8-14(9-19,17-18-16)10-4-6-11(15)7-5-10/h4-7H,8-9H2,1-3H3. The Hall–Kier alpha value is -1.72. The lowest BCUT2D eigenvalue weighted by atomic mass is 9.83. The third-order valence-electron chi connectivity index (χ3n) is 3.17. The first-order valence-corrected chi connectivity index (χ1v) is 7.35. The SMILES string of the molecule is CC(C)(C)OC(=O)N1CC(N=[N+]=[N-])(c2ccc(Br)cc2)C1. The first-order valence-electron chi connectivity index (χ1n) is 6.56. The molecule has 1 aromatic carbocycles. The Morgan fingerprint density at radius 2 is 1.95 bits per heavy atom. The summed E-state index contributed by atoms with van der Waals surface area (Å²) in [6.07, 6.45) is -0.386. The van der Waals surface area contributed by atoms with Crippen molar-refractivity contribution in [2.24, 2.45) is 5.11 Å². The maximum Gasteiger partial charge on any atom is 0.410 e. The first-order chi connectivity index (χ1) is 9.76. The zero-order chi connectivity index (χ0) is 15.7. The lowest BCUT2D eigenvalue weighted by Crippen LogP contribution is -2.60. The number of rotatable bonds is 2. The third-order valence-corrected chi connectivity index (χ3v) is 3.70. The van der Waals surface area contributed by atoms with Crippen LogP contribution in [0.1, 0.15) is 26.3 Å². The number of hydrogen-bond acceptors (Lipinski definition) is 3. The molecule has 0 aliphatic carbocycles. The van der Waals surface area contributed by atoms with Gasteiger partial charge in [0.25, 0.3) is 0 Å². The smallest absolute Gasteiger partial charge is 0.410 e. The van der Waals surface area contributed by atoms with Gasteiger partial charge in [0.1, 0.15) is 11.1 Å². The minimum atomic E-state index is -0.702. The van der Waals surface area contributed by atoms with E-state index in [9.17, 15) is 4.79 Å². The van der Waals surface area contributed by atoms with E-state index in [1.807, 2.05) is 45.0 Å². The predicted octanol–water partition coefficient (Wildman–Crippen LogP) is 4.21. The zero-order valence-electron chi connectivity index (χ0n) is 12.2. The van der Waals surface area contributed by atoms with Crippen molar-refractivity contribution in [2.75, 3.05) is 13.1 Å². The van der Waals surface area contributed by atoms with E-state index in [0.717, 1.165) is 10.0 Å². The molecule has 1 saturated heterocycles. The molecule has 0 spiro atoms. The molecule has 6 nitrogen and oxygen atoms in total. The van der Waals surface area contributed by atoms with Crippen LogP contribution in [0.5, 0.6) is 0 Å². The molecule has 0 aromatic heterocycles. The summed E-state index contributed by atoms with van der Waals surface area (Å²) >= 11 is 3.37. The summed E-state index contributed by atoms with van der Waals surface area (Å²) in [7, 11) is 0. The molecule has 1 aliphatic heterocycles. The van der Waals surface area contributed by atoms with Gasteiger partial charge in [-0.25, -0.2) is 4.79 Å². The number of amides is 1. The van der Waals surface area contributed by atoms with Crippen molar-refractivity contribution >= 4 is 22.0 Å². The topological polar surface area (TPSA) is 78.3 Å². The van der Waals surface area contributed by atoms with Gasteiger partial charge in [-0.1, -0.05) is 33.2 Å². The maximum atomic E-state index is 12.0. The molecule has 7 heteroatoms. The van der Waals surface area contributed by atoms with Crippen molar-refractivity contribution in [3.8, 4) is 0 Å². The van der Waals surface area contributed by atoms with Crippen molar-refractivity contribution in [1.82, 2.24) is 4.90 Å². The number of carbonyl (C=O) groups is 1. The van der Waals surface area contributed by atoms with Crippen LogP contribution in [-0.2, 0) is 10.3 Å². The van der Waals surface area contributed by atoms with Crippen LogP contribution in [0.25, 0.3) is 10.4 Å². The van der Waals surface area contributed by atoms with Gasteiger partial charge < -0.3 is 9.64 Å². The molecule has 1 fully saturated rings. The summed E-state index contributed by atoms with van der Waals surface area (Å²) in [6, 6.07) is 7.57. The molecule has 21 heavy (non-hydrogen) atoms. The second kappa shape index (κ2) is 5.58. The van der Waals surface area contributed by atoms with Crippen LogP contribution >= 0.6 is 15.9 Å². The highest BCUT2D eigenvalue weighted by Crippen LogP contribution is 2.37. The van der Waals surface area contributed by atoms with Gasteiger partial charge in [-0.2, -0.15) is 0 Å². The summed E-state index contributed by atoms with van der Waals surface area (Å²) in [5.74, 6) is 0. The molecular weight excluding hydrogens is 336 g/mol. The van der Waals surface area contributed by atoms with Gasteiger partial charge in [0, 0.05) is 22.5 Å². The lowest BCUT2D eigenvalue weighted by Gasteiger charge is -2.47. The normalized spacial score (nSPS) is 16.7. The molecule has 2 rings (SSSR count). The van der Waals surface area contributed by atoms with Gasteiger partial charge in [0.15, 0.2) is 0 Å². The zero-order valence-corrected chi connectivity index (χ0v) is 13.8. The van der Waals surface area contributed by atoms with Crippen molar-refractivity contribution in [2.45, 2.75) is 31.9 Å². The summed E-state index contributed by atoms with van der Waals surface area (Å²) in [5.41, 5.74) is 8.46. The predicted molar refractivity (Wildman–Crippen MR) is 82.8 cm³/mol. The van der Waals surface area contributed by atoms with E-state index >= 15 is 0 Å². The number of nitrogens with zero attached hydrogens (tertiary/aromatic N) is 4. The number of likely N-dealkylation sites (tertiary alicyclic amines) is 1. The number of carbonyl (C=O) groups excluding carboxylic acids is 1. The van der Waals surface area contributed by atoms with E-state index in [1.54, 1.807) is 4.90 Å². The van der Waals surface area contributed by atoms with E-state index in [1.165, 1.54) is 0 Å². The summed E-state index contributed by atoms with van der Waals surface area (Å²) in [4.78, 5) is 16.5. The highest BCUT2D eigenvalue weighted by molar-refractivity contribution is 9.10. The van der Waals surface area contributed by atoms with Gasteiger partial charge >= 0.3 is 6.09 Å². The van der Waals surface area contributed by atoms with E-state index in [-0.39, 0.29) is 6.09 Å². The van der Waals surface area contributed by atoms with E-state index < -0.39 is 11.1 Å². The van der Waals surface area contributed by atoms with Crippen LogP contribution in [0, 0.1) is 0 Å². The van der Waals surface area contributed by atoms with E-state index in [2.05, 4.69) is 26.0 Å². The Kier molecular flexibility index (Phi) is 4.16. The quantitative estimate of drug-likeness (QED) is 0.454. The van der Waals surface area contributed by atoms with Gasteiger partial charge in [0.2, 0.25) is 0 Å². The number of benzene rings is 1. The fraction of sp³-hybridized carbons (Fsp3) is 0.500. The summed E-state index contributed by atoms with van der Waals surface area (Å²) in [6.45, 7) is 6.11. The van der Waals surface area contributed by atoms with Gasteiger partial charge in [-0.3, -0.25) is 0 Å².